The number of aryl methyl sites for hydroxylation is 1. The summed E-state index contributed by atoms with van der Waals surface area (Å²) in [7, 11) is 0. The van der Waals surface area contributed by atoms with Crippen molar-refractivity contribution in [1.82, 2.24) is 5.32 Å². The highest BCUT2D eigenvalue weighted by atomic mass is 16.4. The normalized spacial score (nSPS) is 9.30. The first kappa shape index (κ1) is 15.6. The number of benzene rings is 1. The Morgan fingerprint density at radius 1 is 1.30 bits per heavy atom. The number of nitrogens with zero attached hydrogens (tertiary/aromatic N) is 1. The zero-order valence-electron chi connectivity index (χ0n) is 11.6. The molecule has 0 bridgehead atoms. The molecule has 20 heavy (non-hydrogen) atoms. The van der Waals surface area contributed by atoms with Crippen molar-refractivity contribution >= 4 is 17.7 Å². The number of hydrogen-bond donors (Lipinski definition) is 2. The minimum atomic E-state index is -1.06. The highest BCUT2D eigenvalue weighted by Gasteiger charge is 2.18. The van der Waals surface area contributed by atoms with E-state index in [0.29, 0.717) is 18.7 Å². The Morgan fingerprint density at radius 3 is 2.50 bits per heavy atom. The molecule has 0 saturated heterocycles. The van der Waals surface area contributed by atoms with E-state index in [1.54, 1.807) is 19.1 Å². The average Bonchev–Trinajstić information content (AvgIpc) is 2.42. The first-order valence-electron chi connectivity index (χ1n) is 6.28. The zero-order valence-corrected chi connectivity index (χ0v) is 11.6. The predicted octanol–water partition coefficient (Wildman–Crippen LogP) is 2.01. The first-order valence-corrected chi connectivity index (χ1v) is 6.28. The molecule has 0 saturated carbocycles. The van der Waals surface area contributed by atoms with Gasteiger partial charge in [-0.15, -0.1) is 11.8 Å². The van der Waals surface area contributed by atoms with Crippen LogP contribution in [0.3, 0.4) is 0 Å². The Labute approximate surface area is 118 Å². The number of carboxylic acids is 1. The van der Waals surface area contributed by atoms with Crippen LogP contribution in [0.4, 0.5) is 10.5 Å². The number of carbonyl (C=O) groups excluding carboxylic acids is 1. The number of carbonyl (C=O) groups is 2. The van der Waals surface area contributed by atoms with E-state index in [1.165, 1.54) is 4.90 Å². The van der Waals surface area contributed by atoms with Crippen molar-refractivity contribution in [2.24, 2.45) is 0 Å². The van der Waals surface area contributed by atoms with E-state index in [9.17, 15) is 9.59 Å². The summed E-state index contributed by atoms with van der Waals surface area (Å²) in [6.45, 7) is 3.66. The topological polar surface area (TPSA) is 69.6 Å². The summed E-state index contributed by atoms with van der Waals surface area (Å²) < 4.78 is 0. The second-order valence-electron chi connectivity index (χ2n) is 4.22. The van der Waals surface area contributed by atoms with Gasteiger partial charge in [0, 0.05) is 18.7 Å². The molecule has 0 aliphatic rings. The minimum absolute atomic E-state index is 0.381. The SMILES string of the molecule is CC#CCCNC(=O)N(CC(=O)O)c1ccc(C)cc1. The Morgan fingerprint density at radius 2 is 1.95 bits per heavy atom. The van der Waals surface area contributed by atoms with Gasteiger partial charge in [-0.25, -0.2) is 4.79 Å². The molecule has 0 unspecified atom stereocenters. The number of anilines is 1. The second-order valence-corrected chi connectivity index (χ2v) is 4.22. The van der Waals surface area contributed by atoms with Crippen molar-refractivity contribution in [2.45, 2.75) is 20.3 Å². The maximum atomic E-state index is 12.0. The third-order valence-electron chi connectivity index (χ3n) is 2.59. The van der Waals surface area contributed by atoms with Gasteiger partial charge in [0.15, 0.2) is 0 Å². The number of hydrogen-bond acceptors (Lipinski definition) is 2. The quantitative estimate of drug-likeness (QED) is 0.637. The van der Waals surface area contributed by atoms with Crippen LogP contribution in [0.2, 0.25) is 0 Å². The number of rotatable bonds is 5. The number of urea groups is 1. The van der Waals surface area contributed by atoms with Gasteiger partial charge in [0.05, 0.1) is 0 Å². The van der Waals surface area contributed by atoms with Crippen LogP contribution >= 0.6 is 0 Å². The Balaban J connectivity index is 2.77. The van der Waals surface area contributed by atoms with Gasteiger partial charge in [0.1, 0.15) is 6.54 Å². The maximum Gasteiger partial charge on any atom is 0.323 e. The van der Waals surface area contributed by atoms with E-state index < -0.39 is 12.0 Å². The van der Waals surface area contributed by atoms with Crippen molar-refractivity contribution in [3.05, 3.63) is 29.8 Å². The molecule has 5 nitrogen and oxygen atoms in total. The van der Waals surface area contributed by atoms with Crippen LogP contribution in [0.5, 0.6) is 0 Å². The van der Waals surface area contributed by atoms with Gasteiger partial charge >= 0.3 is 12.0 Å². The minimum Gasteiger partial charge on any atom is -0.480 e. The molecule has 1 aromatic carbocycles. The van der Waals surface area contributed by atoms with Crippen LogP contribution in [0, 0.1) is 18.8 Å². The van der Waals surface area contributed by atoms with Crippen molar-refractivity contribution < 1.29 is 14.7 Å². The molecule has 0 spiro atoms. The summed E-state index contributed by atoms with van der Waals surface area (Å²) in [6, 6.07) is 6.68. The summed E-state index contributed by atoms with van der Waals surface area (Å²) in [5, 5.41) is 11.6. The molecule has 0 heterocycles. The summed E-state index contributed by atoms with van der Waals surface area (Å²) in [5.74, 6) is 4.50. The lowest BCUT2D eigenvalue weighted by molar-refractivity contribution is -0.135. The van der Waals surface area contributed by atoms with E-state index >= 15 is 0 Å². The fourth-order valence-electron chi connectivity index (χ4n) is 1.59. The van der Waals surface area contributed by atoms with E-state index in [-0.39, 0.29) is 6.54 Å². The van der Waals surface area contributed by atoms with Crippen LogP contribution in [-0.4, -0.2) is 30.2 Å². The average molecular weight is 274 g/mol. The lowest BCUT2D eigenvalue weighted by atomic mass is 10.2. The fraction of sp³-hybridized carbons (Fsp3) is 0.333. The summed E-state index contributed by atoms with van der Waals surface area (Å²) in [5.41, 5.74) is 1.60. The smallest absolute Gasteiger partial charge is 0.323 e. The maximum absolute atomic E-state index is 12.0. The number of carboxylic acid groups (broad SMARTS) is 1. The molecule has 0 aliphatic heterocycles. The van der Waals surface area contributed by atoms with Crippen LogP contribution in [0.15, 0.2) is 24.3 Å². The van der Waals surface area contributed by atoms with E-state index in [2.05, 4.69) is 17.2 Å². The van der Waals surface area contributed by atoms with Crippen molar-refractivity contribution in [1.29, 1.82) is 0 Å². The molecular formula is C15H18N2O3. The first-order chi connectivity index (χ1) is 9.54. The molecular weight excluding hydrogens is 256 g/mol. The molecule has 0 radical (unpaired) electrons. The van der Waals surface area contributed by atoms with Gasteiger partial charge in [0.2, 0.25) is 0 Å². The molecule has 0 aromatic heterocycles. The van der Waals surface area contributed by atoms with Gasteiger partial charge in [-0.05, 0) is 26.0 Å². The van der Waals surface area contributed by atoms with Gasteiger partial charge in [-0.3, -0.25) is 9.69 Å². The highest BCUT2D eigenvalue weighted by Crippen LogP contribution is 2.15. The number of nitrogens with one attached hydrogen (secondary N) is 1. The van der Waals surface area contributed by atoms with Gasteiger partial charge in [-0.2, -0.15) is 0 Å². The third kappa shape index (κ3) is 5.02. The second kappa shape index (κ2) is 7.85. The number of aliphatic carboxylic acids is 1. The van der Waals surface area contributed by atoms with Crippen molar-refractivity contribution in [3.63, 3.8) is 0 Å². The Hall–Kier alpha value is -2.48. The van der Waals surface area contributed by atoms with Crippen molar-refractivity contribution in [2.75, 3.05) is 18.0 Å². The Kier molecular flexibility index (Phi) is 6.11. The lowest BCUT2D eigenvalue weighted by Gasteiger charge is -2.21. The van der Waals surface area contributed by atoms with E-state index in [1.807, 2.05) is 19.1 Å². The summed E-state index contributed by atoms with van der Waals surface area (Å²) in [4.78, 5) is 24.1. The lowest BCUT2D eigenvalue weighted by Crippen LogP contribution is -2.43. The van der Waals surface area contributed by atoms with Gasteiger partial charge in [0.25, 0.3) is 0 Å². The van der Waals surface area contributed by atoms with E-state index in [4.69, 9.17) is 5.11 Å². The standard InChI is InChI=1S/C15H18N2O3/c1-3-4-5-10-16-15(20)17(11-14(18)19)13-8-6-12(2)7-9-13/h6-9H,5,10-11H2,1-2H3,(H,16,20)(H,18,19). The molecule has 1 aromatic rings. The molecule has 106 valence electrons. The van der Waals surface area contributed by atoms with Crippen LogP contribution < -0.4 is 10.2 Å². The zero-order chi connectivity index (χ0) is 15.0. The molecule has 0 atom stereocenters. The fourth-order valence-corrected chi connectivity index (χ4v) is 1.59. The van der Waals surface area contributed by atoms with Crippen molar-refractivity contribution in [3.8, 4) is 11.8 Å². The van der Waals surface area contributed by atoms with Crippen LogP contribution in [0.25, 0.3) is 0 Å². The van der Waals surface area contributed by atoms with Crippen LogP contribution in [-0.2, 0) is 4.79 Å². The highest BCUT2D eigenvalue weighted by molar-refractivity contribution is 5.96. The summed E-state index contributed by atoms with van der Waals surface area (Å²) >= 11 is 0. The third-order valence-corrected chi connectivity index (χ3v) is 2.59. The molecule has 5 heteroatoms. The molecule has 0 fully saturated rings. The summed E-state index contributed by atoms with van der Waals surface area (Å²) in [6.07, 6.45) is 0.539. The molecule has 0 aliphatic carbocycles. The largest absolute Gasteiger partial charge is 0.480 e. The molecule has 1 rings (SSSR count). The van der Waals surface area contributed by atoms with Crippen LogP contribution in [0.1, 0.15) is 18.9 Å². The number of amides is 2. The molecule has 2 N–H and O–H groups in total. The van der Waals surface area contributed by atoms with Gasteiger partial charge < -0.3 is 10.4 Å². The molecule has 2 amide bonds. The van der Waals surface area contributed by atoms with Gasteiger partial charge in [-0.1, -0.05) is 17.7 Å². The monoisotopic (exact) mass is 274 g/mol. The Bertz CT molecular complexity index is 526. The predicted molar refractivity (Wildman–Crippen MR) is 77.6 cm³/mol. The van der Waals surface area contributed by atoms with E-state index in [0.717, 1.165) is 5.56 Å².